The van der Waals surface area contributed by atoms with E-state index in [0.29, 0.717) is 10.7 Å². The maximum atomic E-state index is 12.0. The molecular weight excluding hydrogens is 312 g/mol. The molecule has 1 aliphatic heterocycles. The molecule has 96 valence electrons. The summed E-state index contributed by atoms with van der Waals surface area (Å²) in [6.07, 6.45) is 3.54. The third-order valence-corrected chi connectivity index (χ3v) is 3.86. The molecule has 18 heavy (non-hydrogen) atoms. The minimum Gasteiger partial charge on any atom is -0.349 e. The summed E-state index contributed by atoms with van der Waals surface area (Å²) in [4.78, 5) is 14.0. The summed E-state index contributed by atoms with van der Waals surface area (Å²) in [5, 5.41) is 3.33. The van der Waals surface area contributed by atoms with E-state index >= 15 is 0 Å². The molecule has 0 radical (unpaired) electrons. The Kier molecular flexibility index (Phi) is 4.72. The highest BCUT2D eigenvalue weighted by atomic mass is 79.9. The third-order valence-electron chi connectivity index (χ3n) is 2.97. The van der Waals surface area contributed by atoms with Crippen molar-refractivity contribution in [3.05, 3.63) is 34.3 Å². The molecule has 0 saturated carbocycles. The van der Waals surface area contributed by atoms with Crippen molar-refractivity contribution >= 4 is 39.2 Å². The Morgan fingerprint density at radius 3 is 2.39 bits per heavy atom. The van der Waals surface area contributed by atoms with Crippen LogP contribution in [0.1, 0.15) is 29.6 Å². The molecule has 0 spiro atoms. The maximum absolute atomic E-state index is 12.0. The number of benzene rings is 1. The first-order valence-corrected chi connectivity index (χ1v) is 7.23. The summed E-state index contributed by atoms with van der Waals surface area (Å²) < 4.78 is 0.956. The highest BCUT2D eigenvalue weighted by Gasteiger charge is 2.15. The Balaban J connectivity index is 1.94. The van der Waals surface area contributed by atoms with E-state index in [0.717, 1.165) is 30.4 Å². The zero-order chi connectivity index (χ0) is 13.0. The first-order chi connectivity index (χ1) is 8.66. The van der Waals surface area contributed by atoms with Crippen molar-refractivity contribution in [1.82, 2.24) is 10.2 Å². The second-order valence-electron chi connectivity index (χ2n) is 4.31. The summed E-state index contributed by atoms with van der Waals surface area (Å²) in [5.74, 6) is -0.141. The van der Waals surface area contributed by atoms with Crippen molar-refractivity contribution in [2.75, 3.05) is 13.1 Å². The molecule has 3 nitrogen and oxygen atoms in total. The third kappa shape index (κ3) is 3.53. The van der Waals surface area contributed by atoms with E-state index < -0.39 is 0 Å². The lowest BCUT2D eigenvalue weighted by molar-refractivity contribution is 0.0972. The lowest BCUT2D eigenvalue weighted by Crippen LogP contribution is -2.44. The molecule has 1 saturated heterocycles. The second kappa shape index (κ2) is 6.29. The van der Waals surface area contributed by atoms with Gasteiger partial charge in [-0.2, -0.15) is 0 Å². The zero-order valence-electron chi connectivity index (χ0n) is 9.99. The number of likely N-dealkylation sites (tertiary alicyclic amines) is 1. The van der Waals surface area contributed by atoms with Crippen molar-refractivity contribution in [3.8, 4) is 0 Å². The first-order valence-electron chi connectivity index (χ1n) is 6.02. The van der Waals surface area contributed by atoms with Crippen LogP contribution in [0.25, 0.3) is 0 Å². The van der Waals surface area contributed by atoms with Crippen molar-refractivity contribution in [2.24, 2.45) is 0 Å². The van der Waals surface area contributed by atoms with Gasteiger partial charge in [0, 0.05) is 23.1 Å². The Labute approximate surface area is 121 Å². The molecular formula is C13H15BrN2OS. The van der Waals surface area contributed by atoms with E-state index in [2.05, 4.69) is 26.1 Å². The zero-order valence-corrected chi connectivity index (χ0v) is 12.4. The quantitative estimate of drug-likeness (QED) is 0.805. The van der Waals surface area contributed by atoms with Gasteiger partial charge >= 0.3 is 0 Å². The Morgan fingerprint density at radius 2 is 1.78 bits per heavy atom. The minimum atomic E-state index is -0.141. The van der Waals surface area contributed by atoms with Crippen LogP contribution in [0, 0.1) is 0 Å². The topological polar surface area (TPSA) is 32.3 Å². The van der Waals surface area contributed by atoms with E-state index in [-0.39, 0.29) is 5.91 Å². The number of rotatable bonds is 1. The minimum absolute atomic E-state index is 0.141. The van der Waals surface area contributed by atoms with E-state index in [1.807, 2.05) is 12.1 Å². The molecule has 1 aliphatic rings. The average Bonchev–Trinajstić information content (AvgIpc) is 2.40. The number of nitrogens with one attached hydrogen (secondary N) is 1. The fourth-order valence-electron chi connectivity index (χ4n) is 1.95. The predicted octanol–water partition coefficient (Wildman–Crippen LogP) is 2.95. The first kappa shape index (κ1) is 13.5. The number of carbonyl (C=O) groups is 1. The average molecular weight is 327 g/mol. The van der Waals surface area contributed by atoms with Crippen LogP contribution in [0.3, 0.4) is 0 Å². The van der Waals surface area contributed by atoms with Gasteiger partial charge < -0.3 is 4.90 Å². The van der Waals surface area contributed by atoms with Gasteiger partial charge in [-0.25, -0.2) is 0 Å². The fraction of sp³-hybridized carbons (Fsp3) is 0.385. The number of hydrogen-bond donors (Lipinski definition) is 1. The monoisotopic (exact) mass is 326 g/mol. The van der Waals surface area contributed by atoms with E-state index in [4.69, 9.17) is 12.2 Å². The second-order valence-corrected chi connectivity index (χ2v) is 5.62. The van der Waals surface area contributed by atoms with Crippen LogP contribution < -0.4 is 5.32 Å². The molecule has 2 rings (SSSR count). The molecule has 0 atom stereocenters. The van der Waals surface area contributed by atoms with Crippen LogP contribution in [0.5, 0.6) is 0 Å². The van der Waals surface area contributed by atoms with Gasteiger partial charge in [0.2, 0.25) is 0 Å². The Bertz CT molecular complexity index is 441. The molecule has 1 aromatic rings. The Hall–Kier alpha value is -0.940. The van der Waals surface area contributed by atoms with Crippen LogP contribution in [-0.2, 0) is 0 Å². The predicted molar refractivity (Wildman–Crippen MR) is 79.6 cm³/mol. The van der Waals surface area contributed by atoms with Crippen molar-refractivity contribution in [1.29, 1.82) is 0 Å². The summed E-state index contributed by atoms with van der Waals surface area (Å²) in [6, 6.07) is 7.24. The number of hydrogen-bond acceptors (Lipinski definition) is 2. The van der Waals surface area contributed by atoms with Crippen molar-refractivity contribution in [2.45, 2.75) is 19.3 Å². The van der Waals surface area contributed by atoms with Gasteiger partial charge in [-0.15, -0.1) is 0 Å². The van der Waals surface area contributed by atoms with Gasteiger partial charge in [-0.1, -0.05) is 15.9 Å². The summed E-state index contributed by atoms with van der Waals surface area (Å²) in [5.41, 5.74) is 0.623. The highest BCUT2D eigenvalue weighted by Crippen LogP contribution is 2.11. The van der Waals surface area contributed by atoms with Gasteiger partial charge in [-0.05, 0) is 55.7 Å². The maximum Gasteiger partial charge on any atom is 0.257 e. The largest absolute Gasteiger partial charge is 0.349 e. The standard InChI is InChI=1S/C13H15BrN2OS/c14-11-6-4-10(5-7-11)12(17)15-13(18)16-8-2-1-3-9-16/h4-7H,1-3,8-9H2,(H,15,17,18). The summed E-state index contributed by atoms with van der Waals surface area (Å²) >= 11 is 8.60. The molecule has 1 amide bonds. The lowest BCUT2D eigenvalue weighted by atomic mass is 10.1. The van der Waals surface area contributed by atoms with Crippen LogP contribution in [-0.4, -0.2) is 29.0 Å². The SMILES string of the molecule is O=C(NC(=S)N1CCCCC1)c1ccc(Br)cc1. The normalized spacial score (nSPS) is 15.3. The number of nitrogens with zero attached hydrogens (tertiary/aromatic N) is 1. The number of halogens is 1. The molecule has 1 aromatic carbocycles. The molecule has 0 aliphatic carbocycles. The fourth-order valence-corrected chi connectivity index (χ4v) is 2.49. The van der Waals surface area contributed by atoms with Gasteiger partial charge in [0.25, 0.3) is 5.91 Å². The van der Waals surface area contributed by atoms with Gasteiger partial charge in [0.15, 0.2) is 5.11 Å². The van der Waals surface area contributed by atoms with Crippen molar-refractivity contribution < 1.29 is 4.79 Å². The molecule has 1 heterocycles. The van der Waals surface area contributed by atoms with E-state index in [1.54, 1.807) is 12.1 Å². The molecule has 0 bridgehead atoms. The highest BCUT2D eigenvalue weighted by molar-refractivity contribution is 9.10. The number of piperidine rings is 1. The van der Waals surface area contributed by atoms with Gasteiger partial charge in [-0.3, -0.25) is 10.1 Å². The number of amides is 1. The molecule has 0 aromatic heterocycles. The van der Waals surface area contributed by atoms with Crippen LogP contribution >= 0.6 is 28.1 Å². The summed E-state index contributed by atoms with van der Waals surface area (Å²) in [7, 11) is 0. The molecule has 5 heteroatoms. The van der Waals surface area contributed by atoms with Gasteiger partial charge in [0.1, 0.15) is 0 Å². The van der Waals surface area contributed by atoms with Crippen molar-refractivity contribution in [3.63, 3.8) is 0 Å². The summed E-state index contributed by atoms with van der Waals surface area (Å²) in [6.45, 7) is 1.89. The molecule has 0 unspecified atom stereocenters. The number of carbonyl (C=O) groups excluding carboxylic acids is 1. The smallest absolute Gasteiger partial charge is 0.257 e. The van der Waals surface area contributed by atoms with Crippen LogP contribution in [0.4, 0.5) is 0 Å². The van der Waals surface area contributed by atoms with E-state index in [9.17, 15) is 4.79 Å². The van der Waals surface area contributed by atoms with Gasteiger partial charge in [0.05, 0.1) is 0 Å². The molecule has 1 N–H and O–H groups in total. The van der Waals surface area contributed by atoms with Crippen LogP contribution in [0.15, 0.2) is 28.7 Å². The lowest BCUT2D eigenvalue weighted by Gasteiger charge is -2.28. The van der Waals surface area contributed by atoms with E-state index in [1.165, 1.54) is 6.42 Å². The molecule has 1 fully saturated rings. The van der Waals surface area contributed by atoms with Crippen LogP contribution in [0.2, 0.25) is 0 Å². The number of thiocarbonyl (C=S) groups is 1. The Morgan fingerprint density at radius 1 is 1.17 bits per heavy atom.